The van der Waals surface area contributed by atoms with Crippen molar-refractivity contribution >= 4 is 17.2 Å². The lowest BCUT2D eigenvalue weighted by Gasteiger charge is -2.56. The molecule has 6 heteroatoms. The van der Waals surface area contributed by atoms with Gasteiger partial charge in [-0.2, -0.15) is 0 Å². The molecular formula is C19H28N4OS. The number of likely N-dealkylation sites (tertiary alicyclic amines) is 1. The van der Waals surface area contributed by atoms with Crippen molar-refractivity contribution in [3.63, 3.8) is 0 Å². The fraction of sp³-hybridized carbons (Fsp3) is 0.789. The third-order valence-electron chi connectivity index (χ3n) is 7.11. The lowest BCUT2D eigenvalue weighted by molar-refractivity contribution is -0.00679. The number of piperidine rings is 1. The summed E-state index contributed by atoms with van der Waals surface area (Å²) in [5.74, 6) is 3.27. The Morgan fingerprint density at radius 2 is 1.80 bits per heavy atom. The van der Waals surface area contributed by atoms with E-state index in [-0.39, 0.29) is 10.8 Å². The second-order valence-corrected chi connectivity index (χ2v) is 9.69. The van der Waals surface area contributed by atoms with E-state index < -0.39 is 0 Å². The predicted molar refractivity (Wildman–Crippen MR) is 99.2 cm³/mol. The lowest BCUT2D eigenvalue weighted by Crippen LogP contribution is -2.57. The number of imidazole rings is 1. The normalized spacial score (nSPS) is 37.6. The second kappa shape index (κ2) is 6.31. The molecule has 5 fully saturated rings. The zero-order valence-electron chi connectivity index (χ0n) is 14.7. The summed E-state index contributed by atoms with van der Waals surface area (Å²) >= 11 is 1.39. The maximum atomic E-state index is 12.7. The maximum Gasteiger partial charge on any atom is 0.296 e. The summed E-state index contributed by atoms with van der Waals surface area (Å²) in [6, 6.07) is 0. The van der Waals surface area contributed by atoms with Crippen LogP contribution in [-0.2, 0) is 0 Å². The third-order valence-corrected chi connectivity index (χ3v) is 8.07. The zero-order chi connectivity index (χ0) is 16.9. The van der Waals surface area contributed by atoms with Gasteiger partial charge in [-0.05, 0) is 69.1 Å². The summed E-state index contributed by atoms with van der Waals surface area (Å²) in [7, 11) is 0. The van der Waals surface area contributed by atoms with Crippen LogP contribution < -0.4 is 4.72 Å². The number of nitrogens with zero attached hydrogens (tertiary/aromatic N) is 2. The highest BCUT2D eigenvalue weighted by Crippen LogP contribution is 2.56. The topological polar surface area (TPSA) is 61.0 Å². The number of rotatable bonds is 3. The lowest BCUT2D eigenvalue weighted by atomic mass is 9.53. The van der Waals surface area contributed by atoms with Crippen LogP contribution in [0, 0.1) is 17.8 Å². The fourth-order valence-corrected chi connectivity index (χ4v) is 7.18. The Bertz CT molecular complexity index is 588. The summed E-state index contributed by atoms with van der Waals surface area (Å²) in [6.07, 6.45) is 14.0. The van der Waals surface area contributed by atoms with Crippen molar-refractivity contribution in [1.82, 2.24) is 19.6 Å². The number of hydrogen-bond donors (Lipinski definition) is 2. The molecular weight excluding hydrogens is 332 g/mol. The van der Waals surface area contributed by atoms with E-state index in [0.29, 0.717) is 5.92 Å². The van der Waals surface area contributed by atoms with Gasteiger partial charge in [0, 0.05) is 48.4 Å². The Kier molecular flexibility index (Phi) is 4.08. The molecule has 0 radical (unpaired) electrons. The summed E-state index contributed by atoms with van der Waals surface area (Å²) in [6.45, 7) is 1.72. The number of carbonyl (C=O) groups is 1. The molecule has 1 amide bonds. The van der Waals surface area contributed by atoms with Gasteiger partial charge in [0.2, 0.25) is 0 Å². The Balaban J connectivity index is 1.14. The zero-order valence-corrected chi connectivity index (χ0v) is 15.6. The highest BCUT2D eigenvalue weighted by atomic mass is 32.2. The van der Waals surface area contributed by atoms with Gasteiger partial charge in [-0.15, -0.1) is 0 Å². The Labute approximate surface area is 153 Å². The molecule has 25 heavy (non-hydrogen) atoms. The van der Waals surface area contributed by atoms with E-state index in [9.17, 15) is 4.79 Å². The first-order valence-corrected chi connectivity index (χ1v) is 10.7. The first-order chi connectivity index (χ1) is 12.2. The summed E-state index contributed by atoms with van der Waals surface area (Å²) in [5.41, 5.74) is 1.47. The van der Waals surface area contributed by atoms with Gasteiger partial charge in [-0.1, -0.05) is 0 Å². The minimum absolute atomic E-state index is 0.221. The van der Waals surface area contributed by atoms with E-state index in [1.807, 2.05) is 11.1 Å². The van der Waals surface area contributed by atoms with E-state index in [1.54, 1.807) is 6.33 Å². The number of aromatic nitrogens is 2. The quantitative estimate of drug-likeness (QED) is 0.802. The Hall–Kier alpha value is -1.01. The number of amides is 1. The molecule has 2 N–H and O–H groups in total. The standard InChI is InChI=1S/C19H28N4OS/c24-18(23-3-1-16(2-4-23)17-11-20-12-21-17)25-22-19-8-13-5-14(9-19)7-15(6-13)10-19/h11-16,22H,1-10H2,(H,20,21). The van der Waals surface area contributed by atoms with E-state index in [1.165, 1.54) is 56.2 Å². The minimum atomic E-state index is 0.221. The van der Waals surface area contributed by atoms with Crippen LogP contribution >= 0.6 is 11.9 Å². The summed E-state index contributed by atoms with van der Waals surface area (Å²) in [4.78, 5) is 22.1. The van der Waals surface area contributed by atoms with E-state index in [4.69, 9.17) is 0 Å². The number of nitrogens with one attached hydrogen (secondary N) is 2. The molecule has 4 bridgehead atoms. The van der Waals surface area contributed by atoms with Crippen molar-refractivity contribution in [3.8, 4) is 0 Å². The third kappa shape index (κ3) is 3.12. The average Bonchev–Trinajstić information content (AvgIpc) is 3.13. The molecule has 6 rings (SSSR count). The van der Waals surface area contributed by atoms with Crippen LogP contribution in [0.3, 0.4) is 0 Å². The van der Waals surface area contributed by atoms with Crippen LogP contribution in [0.2, 0.25) is 0 Å². The molecule has 0 atom stereocenters. The van der Waals surface area contributed by atoms with Gasteiger partial charge in [0.15, 0.2) is 0 Å². The van der Waals surface area contributed by atoms with Crippen molar-refractivity contribution in [3.05, 3.63) is 18.2 Å². The van der Waals surface area contributed by atoms with E-state index in [0.717, 1.165) is 43.7 Å². The van der Waals surface area contributed by atoms with Crippen molar-refractivity contribution in [2.45, 2.75) is 62.8 Å². The van der Waals surface area contributed by atoms with Gasteiger partial charge in [-0.3, -0.25) is 4.79 Å². The van der Waals surface area contributed by atoms with Crippen LogP contribution in [-0.4, -0.2) is 38.7 Å². The van der Waals surface area contributed by atoms with Gasteiger partial charge in [0.1, 0.15) is 0 Å². The smallest absolute Gasteiger partial charge is 0.296 e. The molecule has 1 aliphatic heterocycles. The number of carbonyl (C=O) groups excluding carboxylic acids is 1. The molecule has 4 aliphatic carbocycles. The number of aromatic amines is 1. The van der Waals surface area contributed by atoms with Crippen LogP contribution in [0.5, 0.6) is 0 Å². The molecule has 0 unspecified atom stereocenters. The monoisotopic (exact) mass is 360 g/mol. The Morgan fingerprint density at radius 1 is 1.16 bits per heavy atom. The Morgan fingerprint density at radius 3 is 2.36 bits per heavy atom. The molecule has 1 saturated heterocycles. The van der Waals surface area contributed by atoms with Gasteiger partial charge in [0.05, 0.1) is 6.33 Å². The van der Waals surface area contributed by atoms with Crippen molar-refractivity contribution < 1.29 is 4.79 Å². The maximum absolute atomic E-state index is 12.7. The molecule has 0 aromatic carbocycles. The van der Waals surface area contributed by atoms with Crippen molar-refractivity contribution in [1.29, 1.82) is 0 Å². The highest BCUT2D eigenvalue weighted by molar-refractivity contribution is 8.11. The minimum Gasteiger partial charge on any atom is -0.348 e. The van der Waals surface area contributed by atoms with E-state index >= 15 is 0 Å². The van der Waals surface area contributed by atoms with Crippen molar-refractivity contribution in [2.24, 2.45) is 17.8 Å². The molecule has 5 aliphatic rings. The molecule has 0 spiro atoms. The first kappa shape index (κ1) is 16.2. The SMILES string of the molecule is O=C(SNC12CC3CC(CC(C3)C1)C2)N1CCC(c2cnc[nH]2)CC1. The van der Waals surface area contributed by atoms with Crippen LogP contribution in [0.25, 0.3) is 0 Å². The molecule has 4 saturated carbocycles. The summed E-state index contributed by atoms with van der Waals surface area (Å²) in [5, 5.41) is 0.221. The van der Waals surface area contributed by atoms with Crippen LogP contribution in [0.15, 0.2) is 12.5 Å². The molecule has 5 nitrogen and oxygen atoms in total. The van der Waals surface area contributed by atoms with Gasteiger partial charge in [-0.25, -0.2) is 9.71 Å². The average molecular weight is 361 g/mol. The van der Waals surface area contributed by atoms with Gasteiger partial charge < -0.3 is 9.88 Å². The molecule has 2 heterocycles. The number of hydrogen-bond acceptors (Lipinski definition) is 4. The van der Waals surface area contributed by atoms with E-state index in [2.05, 4.69) is 14.7 Å². The molecule has 136 valence electrons. The summed E-state index contributed by atoms with van der Waals surface area (Å²) < 4.78 is 3.67. The van der Waals surface area contributed by atoms with Crippen LogP contribution in [0.1, 0.15) is 63.0 Å². The van der Waals surface area contributed by atoms with Crippen molar-refractivity contribution in [2.75, 3.05) is 13.1 Å². The first-order valence-electron chi connectivity index (χ1n) is 9.90. The second-order valence-electron chi connectivity index (χ2n) is 8.94. The van der Waals surface area contributed by atoms with Crippen LogP contribution in [0.4, 0.5) is 4.79 Å². The van der Waals surface area contributed by atoms with Gasteiger partial charge in [0.25, 0.3) is 5.24 Å². The molecule has 1 aromatic rings. The largest absolute Gasteiger partial charge is 0.348 e. The fourth-order valence-electron chi connectivity index (χ4n) is 6.32. The van der Waals surface area contributed by atoms with Gasteiger partial charge >= 0.3 is 0 Å². The highest BCUT2D eigenvalue weighted by Gasteiger charge is 2.51. The number of H-pyrrole nitrogens is 1. The molecule has 1 aromatic heterocycles. The predicted octanol–water partition coefficient (Wildman–Crippen LogP) is 3.92.